The molecule has 0 radical (unpaired) electrons. The maximum atomic E-state index is 13.3. The summed E-state index contributed by atoms with van der Waals surface area (Å²) in [6.45, 7) is 3.61. The molecular formula is C24H32ClN3O7S2. The van der Waals surface area contributed by atoms with Crippen molar-refractivity contribution in [3.63, 3.8) is 0 Å². The predicted octanol–water partition coefficient (Wildman–Crippen LogP) is 2.18. The Hall–Kier alpha value is -2.38. The van der Waals surface area contributed by atoms with Crippen molar-refractivity contribution in [3.05, 3.63) is 53.1 Å². The lowest BCUT2D eigenvalue weighted by molar-refractivity contribution is -0.134. The van der Waals surface area contributed by atoms with Crippen LogP contribution in [0.2, 0.25) is 5.02 Å². The third kappa shape index (κ3) is 7.35. The zero-order valence-electron chi connectivity index (χ0n) is 21.1. The Morgan fingerprint density at radius 2 is 1.84 bits per heavy atom. The summed E-state index contributed by atoms with van der Waals surface area (Å²) in [5.41, 5.74) is 0.654. The Labute approximate surface area is 223 Å². The number of likely N-dealkylation sites (N-methyl/N-ethyl adjacent to an activating group) is 1. The smallest absolute Gasteiger partial charge is 0.261 e. The SMILES string of the molecule is C[C@H](CO)N1C[C@H](C)[C@@H](CN(C)S(C)(=O)=O)Oc2ccc(NS(=O)(=O)c3ccc(Cl)cc3)cc2CC1=O. The van der Waals surface area contributed by atoms with E-state index >= 15 is 0 Å². The van der Waals surface area contributed by atoms with Crippen molar-refractivity contribution < 1.29 is 31.5 Å². The third-order valence-electron chi connectivity index (χ3n) is 6.30. The largest absolute Gasteiger partial charge is 0.488 e. The molecule has 2 N–H and O–H groups in total. The number of aliphatic hydroxyl groups is 1. The second-order valence-corrected chi connectivity index (χ2v) is 13.5. The van der Waals surface area contributed by atoms with Gasteiger partial charge in [0.1, 0.15) is 11.9 Å². The first-order chi connectivity index (χ1) is 17.2. The van der Waals surface area contributed by atoms with E-state index in [2.05, 4.69) is 4.72 Å². The molecule has 10 nitrogen and oxygen atoms in total. The van der Waals surface area contributed by atoms with Crippen molar-refractivity contribution in [1.29, 1.82) is 0 Å². The quantitative estimate of drug-likeness (QED) is 0.494. The number of halogens is 1. The van der Waals surface area contributed by atoms with Crippen LogP contribution in [-0.2, 0) is 31.3 Å². The van der Waals surface area contributed by atoms with Gasteiger partial charge in [-0.2, -0.15) is 0 Å². The molecule has 0 saturated heterocycles. The van der Waals surface area contributed by atoms with Gasteiger partial charge in [0.2, 0.25) is 15.9 Å². The number of hydrogen-bond donors (Lipinski definition) is 2. The number of nitrogens with zero attached hydrogens (tertiary/aromatic N) is 2. The Bertz CT molecular complexity index is 1330. The van der Waals surface area contributed by atoms with Crippen LogP contribution in [-0.4, -0.2) is 82.2 Å². The molecule has 1 heterocycles. The highest BCUT2D eigenvalue weighted by molar-refractivity contribution is 7.92. The van der Waals surface area contributed by atoms with Crippen LogP contribution in [0.15, 0.2) is 47.4 Å². The van der Waals surface area contributed by atoms with Gasteiger partial charge in [-0.15, -0.1) is 0 Å². The summed E-state index contributed by atoms with van der Waals surface area (Å²) in [5.74, 6) is -0.204. The lowest BCUT2D eigenvalue weighted by Crippen LogP contribution is -2.48. The summed E-state index contributed by atoms with van der Waals surface area (Å²) in [6.07, 6.45) is 0.385. The Balaban J connectivity index is 1.99. The molecule has 0 fully saturated rings. The highest BCUT2D eigenvalue weighted by Crippen LogP contribution is 2.30. The predicted molar refractivity (Wildman–Crippen MR) is 142 cm³/mol. The molecule has 0 unspecified atom stereocenters. The lowest BCUT2D eigenvalue weighted by atomic mass is 10.0. The Morgan fingerprint density at radius 1 is 1.19 bits per heavy atom. The van der Waals surface area contributed by atoms with E-state index in [0.717, 1.165) is 6.26 Å². The number of anilines is 1. The fourth-order valence-electron chi connectivity index (χ4n) is 3.93. The number of ether oxygens (including phenoxy) is 1. The lowest BCUT2D eigenvalue weighted by Gasteiger charge is -2.33. The average Bonchev–Trinajstić information content (AvgIpc) is 2.86. The zero-order chi connectivity index (χ0) is 27.5. The molecule has 3 rings (SSSR count). The van der Waals surface area contributed by atoms with Crippen molar-refractivity contribution in [3.8, 4) is 5.75 Å². The van der Waals surface area contributed by atoms with Crippen LogP contribution < -0.4 is 9.46 Å². The summed E-state index contributed by atoms with van der Waals surface area (Å²) in [7, 11) is -5.96. The number of benzene rings is 2. The van der Waals surface area contributed by atoms with Gasteiger partial charge in [-0.1, -0.05) is 18.5 Å². The number of hydrogen-bond acceptors (Lipinski definition) is 7. The number of amides is 1. The molecule has 0 bridgehead atoms. The summed E-state index contributed by atoms with van der Waals surface area (Å²) < 4.78 is 59.8. The van der Waals surface area contributed by atoms with Gasteiger partial charge in [0.05, 0.1) is 36.8 Å². The molecule has 204 valence electrons. The molecule has 3 atom stereocenters. The van der Waals surface area contributed by atoms with Crippen molar-refractivity contribution in [2.75, 3.05) is 37.7 Å². The van der Waals surface area contributed by atoms with Gasteiger partial charge in [0, 0.05) is 35.8 Å². The van der Waals surface area contributed by atoms with E-state index in [4.69, 9.17) is 16.3 Å². The van der Waals surface area contributed by atoms with Crippen molar-refractivity contribution >= 4 is 43.2 Å². The molecule has 37 heavy (non-hydrogen) atoms. The second-order valence-electron chi connectivity index (χ2n) is 9.31. The molecule has 0 spiro atoms. The normalized spacial score (nSPS) is 19.9. The van der Waals surface area contributed by atoms with Crippen LogP contribution in [0.4, 0.5) is 5.69 Å². The van der Waals surface area contributed by atoms with Gasteiger partial charge in [-0.25, -0.2) is 21.1 Å². The van der Waals surface area contributed by atoms with Crippen molar-refractivity contribution in [2.24, 2.45) is 5.92 Å². The molecule has 1 aliphatic rings. The molecule has 0 saturated carbocycles. The summed E-state index contributed by atoms with van der Waals surface area (Å²) in [6, 6.07) is 9.84. The third-order valence-corrected chi connectivity index (χ3v) is 9.23. The van der Waals surface area contributed by atoms with E-state index in [-0.39, 0.29) is 48.5 Å². The minimum atomic E-state index is -3.92. The first-order valence-electron chi connectivity index (χ1n) is 11.6. The minimum absolute atomic E-state index is 0.0217. The molecular weight excluding hydrogens is 542 g/mol. The minimum Gasteiger partial charge on any atom is -0.488 e. The van der Waals surface area contributed by atoms with Crippen LogP contribution in [0.3, 0.4) is 0 Å². The van der Waals surface area contributed by atoms with Crippen molar-refractivity contribution in [1.82, 2.24) is 9.21 Å². The van der Waals surface area contributed by atoms with E-state index in [1.807, 2.05) is 6.92 Å². The topological polar surface area (TPSA) is 133 Å². The monoisotopic (exact) mass is 573 g/mol. The van der Waals surface area contributed by atoms with Gasteiger partial charge in [-0.05, 0) is 49.4 Å². The Kier molecular flexibility index (Phi) is 9.12. The van der Waals surface area contributed by atoms with Crippen LogP contribution in [0.5, 0.6) is 5.75 Å². The number of fused-ring (bicyclic) bond motifs is 1. The van der Waals surface area contributed by atoms with Gasteiger partial charge < -0.3 is 14.7 Å². The first-order valence-corrected chi connectivity index (χ1v) is 15.3. The number of aliphatic hydroxyl groups excluding tert-OH is 1. The van der Waals surface area contributed by atoms with Gasteiger partial charge in [0.25, 0.3) is 10.0 Å². The summed E-state index contributed by atoms with van der Waals surface area (Å²) in [5, 5.41) is 10.1. The van der Waals surface area contributed by atoms with Crippen LogP contribution >= 0.6 is 11.6 Å². The van der Waals surface area contributed by atoms with Crippen LogP contribution in [0, 0.1) is 5.92 Å². The maximum absolute atomic E-state index is 13.3. The van der Waals surface area contributed by atoms with E-state index in [1.165, 1.54) is 47.8 Å². The van der Waals surface area contributed by atoms with Gasteiger partial charge >= 0.3 is 0 Å². The van der Waals surface area contributed by atoms with E-state index in [0.29, 0.717) is 16.3 Å². The van der Waals surface area contributed by atoms with E-state index in [1.54, 1.807) is 17.9 Å². The van der Waals surface area contributed by atoms with E-state index in [9.17, 15) is 26.7 Å². The van der Waals surface area contributed by atoms with Crippen LogP contribution in [0.1, 0.15) is 19.4 Å². The molecule has 2 aromatic rings. The average molecular weight is 574 g/mol. The molecule has 13 heteroatoms. The molecule has 0 aliphatic carbocycles. The molecule has 2 aromatic carbocycles. The number of carbonyl (C=O) groups excluding carboxylic acids is 1. The molecule has 1 amide bonds. The van der Waals surface area contributed by atoms with Gasteiger partial charge in [-0.3, -0.25) is 9.52 Å². The second kappa shape index (κ2) is 11.6. The fourth-order valence-corrected chi connectivity index (χ4v) is 5.52. The number of nitrogens with one attached hydrogen (secondary N) is 1. The summed E-state index contributed by atoms with van der Waals surface area (Å²) >= 11 is 5.86. The molecule has 0 aromatic heterocycles. The number of sulfonamides is 2. The summed E-state index contributed by atoms with van der Waals surface area (Å²) in [4.78, 5) is 14.8. The van der Waals surface area contributed by atoms with E-state index < -0.39 is 32.2 Å². The highest BCUT2D eigenvalue weighted by atomic mass is 35.5. The zero-order valence-corrected chi connectivity index (χ0v) is 23.5. The standard InChI is InChI=1S/C24H32ClN3O7S2/c1-16-13-28(17(2)15-29)24(30)12-18-11-20(26-37(33,34)21-8-5-19(25)6-9-21)7-10-22(18)35-23(16)14-27(3)36(4,31)32/h5-11,16-17,23,26,29H,12-15H2,1-4H3/t16-,17+,23+/m0/s1. The molecule has 1 aliphatic heterocycles. The first kappa shape index (κ1) is 29.2. The number of carbonyl (C=O) groups is 1. The fraction of sp³-hybridized carbons (Fsp3) is 0.458. The van der Waals surface area contributed by atoms with Crippen molar-refractivity contribution in [2.45, 2.75) is 37.3 Å². The van der Waals surface area contributed by atoms with Gasteiger partial charge in [0.15, 0.2) is 0 Å². The number of rotatable bonds is 8. The maximum Gasteiger partial charge on any atom is 0.261 e. The highest BCUT2D eigenvalue weighted by Gasteiger charge is 2.32. The van der Waals surface area contributed by atoms with Crippen LogP contribution in [0.25, 0.3) is 0 Å². The Morgan fingerprint density at radius 3 is 2.43 bits per heavy atom.